The summed E-state index contributed by atoms with van der Waals surface area (Å²) in [5, 5.41) is 8.98. The fourth-order valence-electron chi connectivity index (χ4n) is 1.86. The minimum atomic E-state index is 0.766. The summed E-state index contributed by atoms with van der Waals surface area (Å²) in [5.74, 6) is 0.870. The van der Waals surface area contributed by atoms with E-state index >= 15 is 0 Å². The number of fused-ring (bicyclic) bond motifs is 1. The molecule has 2 heterocycles. The molecule has 0 aliphatic heterocycles. The number of aromatic nitrogens is 5. The van der Waals surface area contributed by atoms with Crippen LogP contribution in [0.4, 0.5) is 0 Å². The quantitative estimate of drug-likeness (QED) is 0.540. The van der Waals surface area contributed by atoms with Crippen LogP contribution in [0.5, 0.6) is 0 Å². The first-order valence-electron chi connectivity index (χ1n) is 5.93. The van der Waals surface area contributed by atoms with E-state index in [9.17, 15) is 0 Å². The third-order valence-electron chi connectivity index (χ3n) is 2.98. The van der Waals surface area contributed by atoms with Gasteiger partial charge in [-0.3, -0.25) is 0 Å². The van der Waals surface area contributed by atoms with Crippen molar-refractivity contribution in [1.29, 1.82) is 0 Å². The number of aryl methyl sites for hydroxylation is 2. The van der Waals surface area contributed by atoms with Crippen molar-refractivity contribution in [2.45, 2.75) is 17.7 Å². The maximum absolute atomic E-state index is 4.30. The first-order chi connectivity index (χ1) is 9.25. The summed E-state index contributed by atoms with van der Waals surface area (Å²) < 4.78 is 1.66. The Labute approximate surface area is 115 Å². The van der Waals surface area contributed by atoms with Crippen LogP contribution in [0, 0.1) is 6.92 Å². The SMILES string of the molecule is Cc1ccccc1CSc1ncnc2c1nnn2C. The number of benzene rings is 1. The van der Waals surface area contributed by atoms with Gasteiger partial charge >= 0.3 is 0 Å². The molecule has 1 aromatic carbocycles. The van der Waals surface area contributed by atoms with E-state index in [0.29, 0.717) is 0 Å². The second-order valence-electron chi connectivity index (χ2n) is 4.28. The Morgan fingerprint density at radius 1 is 1.21 bits per heavy atom. The Morgan fingerprint density at radius 3 is 2.89 bits per heavy atom. The van der Waals surface area contributed by atoms with Crippen molar-refractivity contribution in [3.63, 3.8) is 0 Å². The summed E-state index contributed by atoms with van der Waals surface area (Å²) in [6.07, 6.45) is 1.56. The Hall–Kier alpha value is -1.95. The number of nitrogens with zero attached hydrogens (tertiary/aromatic N) is 5. The summed E-state index contributed by atoms with van der Waals surface area (Å²) in [7, 11) is 1.83. The average Bonchev–Trinajstić information content (AvgIpc) is 2.81. The standard InChI is InChI=1S/C13H13N5S/c1-9-5-3-4-6-10(9)7-19-13-11-12(14-8-15-13)18(2)17-16-11/h3-6,8H,7H2,1-2H3. The molecule has 19 heavy (non-hydrogen) atoms. The van der Waals surface area contributed by atoms with Gasteiger partial charge < -0.3 is 0 Å². The van der Waals surface area contributed by atoms with Crippen LogP contribution >= 0.6 is 11.8 Å². The number of thioether (sulfide) groups is 1. The average molecular weight is 271 g/mol. The van der Waals surface area contributed by atoms with Gasteiger partial charge in [0.25, 0.3) is 0 Å². The van der Waals surface area contributed by atoms with Gasteiger partial charge in [0.15, 0.2) is 11.2 Å². The molecule has 0 aliphatic carbocycles. The van der Waals surface area contributed by atoms with Crippen LogP contribution in [0.2, 0.25) is 0 Å². The fourth-order valence-corrected chi connectivity index (χ4v) is 2.86. The van der Waals surface area contributed by atoms with Crippen molar-refractivity contribution in [2.75, 3.05) is 0 Å². The molecule has 0 spiro atoms. The second-order valence-corrected chi connectivity index (χ2v) is 5.24. The lowest BCUT2D eigenvalue weighted by molar-refractivity contribution is 0.729. The minimum absolute atomic E-state index is 0.766. The van der Waals surface area contributed by atoms with Crippen LogP contribution in [-0.4, -0.2) is 25.0 Å². The van der Waals surface area contributed by atoms with E-state index < -0.39 is 0 Å². The van der Waals surface area contributed by atoms with E-state index in [1.54, 1.807) is 22.8 Å². The van der Waals surface area contributed by atoms with Gasteiger partial charge in [0.1, 0.15) is 11.4 Å². The van der Waals surface area contributed by atoms with Gasteiger partial charge in [-0.2, -0.15) is 0 Å². The summed E-state index contributed by atoms with van der Waals surface area (Å²) in [4.78, 5) is 8.49. The van der Waals surface area contributed by atoms with Crippen LogP contribution in [0.25, 0.3) is 11.2 Å². The molecule has 0 atom stereocenters. The third-order valence-corrected chi connectivity index (χ3v) is 4.01. The highest BCUT2D eigenvalue weighted by atomic mass is 32.2. The molecule has 5 nitrogen and oxygen atoms in total. The van der Waals surface area contributed by atoms with E-state index in [4.69, 9.17) is 0 Å². The fraction of sp³-hybridized carbons (Fsp3) is 0.231. The van der Waals surface area contributed by atoms with Crippen LogP contribution < -0.4 is 0 Å². The normalized spacial score (nSPS) is 11.1. The summed E-state index contributed by atoms with van der Waals surface area (Å²) >= 11 is 1.66. The Balaban J connectivity index is 1.88. The molecule has 0 radical (unpaired) electrons. The monoisotopic (exact) mass is 271 g/mol. The molecule has 0 aliphatic rings. The topological polar surface area (TPSA) is 56.5 Å². The highest BCUT2D eigenvalue weighted by Crippen LogP contribution is 2.26. The van der Waals surface area contributed by atoms with E-state index in [1.165, 1.54) is 11.1 Å². The molecule has 3 rings (SSSR count). The van der Waals surface area contributed by atoms with E-state index in [-0.39, 0.29) is 0 Å². The van der Waals surface area contributed by atoms with E-state index in [0.717, 1.165) is 21.9 Å². The highest BCUT2D eigenvalue weighted by Gasteiger charge is 2.10. The van der Waals surface area contributed by atoms with Gasteiger partial charge in [0.2, 0.25) is 0 Å². The zero-order valence-electron chi connectivity index (χ0n) is 10.7. The number of hydrogen-bond donors (Lipinski definition) is 0. The zero-order chi connectivity index (χ0) is 13.2. The van der Waals surface area contributed by atoms with Gasteiger partial charge in [-0.05, 0) is 18.1 Å². The van der Waals surface area contributed by atoms with Crippen LogP contribution in [-0.2, 0) is 12.8 Å². The molecule has 2 aromatic heterocycles. The third kappa shape index (κ3) is 2.31. The molecule has 0 saturated heterocycles. The number of hydrogen-bond acceptors (Lipinski definition) is 5. The molecule has 96 valence electrons. The molecular weight excluding hydrogens is 258 g/mol. The van der Waals surface area contributed by atoms with Crippen molar-refractivity contribution >= 4 is 22.9 Å². The largest absolute Gasteiger partial charge is 0.230 e. The summed E-state index contributed by atoms with van der Waals surface area (Å²) in [5.41, 5.74) is 4.13. The lowest BCUT2D eigenvalue weighted by atomic mass is 10.1. The molecule has 0 saturated carbocycles. The van der Waals surface area contributed by atoms with E-state index in [2.05, 4.69) is 51.5 Å². The molecule has 0 amide bonds. The van der Waals surface area contributed by atoms with Crippen molar-refractivity contribution in [2.24, 2.45) is 7.05 Å². The van der Waals surface area contributed by atoms with Crippen molar-refractivity contribution in [3.05, 3.63) is 41.7 Å². The maximum atomic E-state index is 4.30. The Morgan fingerprint density at radius 2 is 2.05 bits per heavy atom. The van der Waals surface area contributed by atoms with Gasteiger partial charge in [-0.1, -0.05) is 41.2 Å². The van der Waals surface area contributed by atoms with E-state index in [1.807, 2.05) is 7.05 Å². The Kier molecular flexibility index (Phi) is 3.16. The molecular formula is C13H13N5S. The predicted molar refractivity (Wildman–Crippen MR) is 74.8 cm³/mol. The van der Waals surface area contributed by atoms with Crippen molar-refractivity contribution < 1.29 is 0 Å². The summed E-state index contributed by atoms with van der Waals surface area (Å²) in [6.45, 7) is 2.12. The first-order valence-corrected chi connectivity index (χ1v) is 6.92. The van der Waals surface area contributed by atoms with Gasteiger partial charge in [0.05, 0.1) is 0 Å². The first kappa shape index (κ1) is 12.1. The molecule has 6 heteroatoms. The lowest BCUT2D eigenvalue weighted by Gasteiger charge is -2.04. The molecule has 0 fully saturated rings. The maximum Gasteiger partial charge on any atom is 0.182 e. The molecule has 0 bridgehead atoms. The minimum Gasteiger partial charge on any atom is -0.230 e. The zero-order valence-corrected chi connectivity index (χ0v) is 11.6. The van der Waals surface area contributed by atoms with Crippen molar-refractivity contribution in [1.82, 2.24) is 25.0 Å². The molecule has 3 aromatic rings. The van der Waals surface area contributed by atoms with Crippen LogP contribution in [0.15, 0.2) is 35.6 Å². The summed E-state index contributed by atoms with van der Waals surface area (Å²) in [6, 6.07) is 8.36. The smallest absolute Gasteiger partial charge is 0.182 e. The van der Waals surface area contributed by atoms with Gasteiger partial charge in [-0.25, -0.2) is 14.6 Å². The van der Waals surface area contributed by atoms with Gasteiger partial charge in [0, 0.05) is 12.8 Å². The Bertz CT molecular complexity index is 722. The highest BCUT2D eigenvalue weighted by molar-refractivity contribution is 7.98. The predicted octanol–water partition coefficient (Wildman–Crippen LogP) is 2.36. The van der Waals surface area contributed by atoms with Crippen molar-refractivity contribution in [3.8, 4) is 0 Å². The second kappa shape index (κ2) is 4.97. The lowest BCUT2D eigenvalue weighted by Crippen LogP contribution is -1.93. The molecule has 0 unspecified atom stereocenters. The van der Waals surface area contributed by atoms with Crippen LogP contribution in [0.3, 0.4) is 0 Å². The number of rotatable bonds is 3. The molecule has 0 N–H and O–H groups in total. The van der Waals surface area contributed by atoms with Crippen LogP contribution in [0.1, 0.15) is 11.1 Å². The van der Waals surface area contributed by atoms with Gasteiger partial charge in [-0.15, -0.1) is 5.10 Å².